The van der Waals surface area contributed by atoms with Crippen molar-refractivity contribution in [1.82, 2.24) is 4.98 Å². The number of benzene rings is 2. The highest BCUT2D eigenvalue weighted by Crippen LogP contribution is 2.31. The molecule has 0 aliphatic heterocycles. The molecular formula is C16H12ClNOS. The predicted octanol–water partition coefficient (Wildman–Crippen LogP) is 4.29. The zero-order valence-electron chi connectivity index (χ0n) is 10.8. The van der Waals surface area contributed by atoms with Crippen molar-refractivity contribution in [3.63, 3.8) is 0 Å². The van der Waals surface area contributed by atoms with Gasteiger partial charge in [-0.3, -0.25) is 9.19 Å². The average Bonchev–Trinajstić information content (AvgIpc) is 2.46. The molecule has 1 unspecified atom stereocenters. The van der Waals surface area contributed by atoms with Gasteiger partial charge in [0.15, 0.2) is 0 Å². The minimum Gasteiger partial charge on any atom is -0.264 e. The SMILES string of the molecule is CS(=O)c1cc2ccncc2cc1-c1cccc(Cl)c1. The summed E-state index contributed by atoms with van der Waals surface area (Å²) >= 11 is 6.06. The largest absolute Gasteiger partial charge is 0.264 e. The van der Waals surface area contributed by atoms with Crippen LogP contribution in [0.3, 0.4) is 0 Å². The van der Waals surface area contributed by atoms with Gasteiger partial charge in [0, 0.05) is 34.0 Å². The first-order chi connectivity index (χ1) is 9.65. The molecule has 0 N–H and O–H groups in total. The third kappa shape index (κ3) is 2.47. The van der Waals surface area contributed by atoms with E-state index < -0.39 is 10.8 Å². The Morgan fingerprint density at radius 3 is 2.70 bits per heavy atom. The van der Waals surface area contributed by atoms with Crippen molar-refractivity contribution in [2.45, 2.75) is 4.90 Å². The first-order valence-electron chi connectivity index (χ1n) is 6.12. The fourth-order valence-corrected chi connectivity index (χ4v) is 3.20. The van der Waals surface area contributed by atoms with Crippen LogP contribution in [0.2, 0.25) is 5.02 Å². The summed E-state index contributed by atoms with van der Waals surface area (Å²) in [5.41, 5.74) is 1.90. The van der Waals surface area contributed by atoms with Gasteiger partial charge in [0.25, 0.3) is 0 Å². The lowest BCUT2D eigenvalue weighted by atomic mass is 10.0. The molecule has 1 aromatic heterocycles. The fourth-order valence-electron chi connectivity index (χ4n) is 2.23. The highest BCUT2D eigenvalue weighted by molar-refractivity contribution is 7.84. The van der Waals surface area contributed by atoms with Crippen molar-refractivity contribution >= 4 is 33.2 Å². The lowest BCUT2D eigenvalue weighted by molar-refractivity contribution is 0.687. The topological polar surface area (TPSA) is 30.0 Å². The summed E-state index contributed by atoms with van der Waals surface area (Å²) in [5.74, 6) is 0. The molecule has 3 rings (SSSR count). The fraction of sp³-hybridized carbons (Fsp3) is 0.0625. The van der Waals surface area contributed by atoms with Crippen LogP contribution in [0.4, 0.5) is 0 Å². The van der Waals surface area contributed by atoms with Gasteiger partial charge in [-0.05, 0) is 46.8 Å². The monoisotopic (exact) mass is 301 g/mol. The van der Waals surface area contributed by atoms with Crippen molar-refractivity contribution < 1.29 is 4.21 Å². The van der Waals surface area contributed by atoms with E-state index in [1.165, 1.54) is 0 Å². The maximum absolute atomic E-state index is 12.0. The van der Waals surface area contributed by atoms with Crippen LogP contribution in [0.1, 0.15) is 0 Å². The molecule has 0 saturated carbocycles. The van der Waals surface area contributed by atoms with E-state index in [9.17, 15) is 4.21 Å². The smallest absolute Gasteiger partial charge is 0.0504 e. The number of hydrogen-bond acceptors (Lipinski definition) is 2. The molecule has 0 spiro atoms. The number of rotatable bonds is 2. The number of hydrogen-bond donors (Lipinski definition) is 0. The molecule has 0 radical (unpaired) electrons. The molecule has 2 aromatic carbocycles. The van der Waals surface area contributed by atoms with E-state index in [2.05, 4.69) is 4.98 Å². The van der Waals surface area contributed by atoms with Gasteiger partial charge >= 0.3 is 0 Å². The third-order valence-corrected chi connectivity index (χ3v) is 4.38. The first kappa shape index (κ1) is 13.3. The van der Waals surface area contributed by atoms with Crippen LogP contribution in [0.15, 0.2) is 59.8 Å². The van der Waals surface area contributed by atoms with Gasteiger partial charge in [-0.15, -0.1) is 0 Å². The van der Waals surface area contributed by atoms with E-state index >= 15 is 0 Å². The average molecular weight is 302 g/mol. The molecule has 0 amide bonds. The van der Waals surface area contributed by atoms with Crippen LogP contribution in [0, 0.1) is 0 Å². The zero-order valence-corrected chi connectivity index (χ0v) is 12.4. The van der Waals surface area contributed by atoms with E-state index in [-0.39, 0.29) is 0 Å². The molecule has 0 saturated heterocycles. The molecule has 4 heteroatoms. The number of halogens is 1. The van der Waals surface area contributed by atoms with Gasteiger partial charge in [-0.25, -0.2) is 0 Å². The number of fused-ring (bicyclic) bond motifs is 1. The molecule has 0 aliphatic carbocycles. The lowest BCUT2D eigenvalue weighted by Crippen LogP contribution is -1.93. The standard InChI is InChI=1S/C16H12ClNOS/c1-20(19)16-9-11-5-6-18-10-13(11)8-15(16)12-3-2-4-14(17)7-12/h2-10H,1H3. The van der Waals surface area contributed by atoms with Crippen molar-refractivity contribution in [2.24, 2.45) is 0 Å². The van der Waals surface area contributed by atoms with Gasteiger partial charge in [0.2, 0.25) is 0 Å². The molecule has 100 valence electrons. The lowest BCUT2D eigenvalue weighted by Gasteiger charge is -2.10. The summed E-state index contributed by atoms with van der Waals surface area (Å²) in [7, 11) is -1.07. The Bertz CT molecular complexity index is 816. The number of pyridine rings is 1. The first-order valence-corrected chi connectivity index (χ1v) is 8.06. The summed E-state index contributed by atoms with van der Waals surface area (Å²) in [6, 6.07) is 13.5. The quantitative estimate of drug-likeness (QED) is 0.706. The highest BCUT2D eigenvalue weighted by Gasteiger charge is 2.10. The van der Waals surface area contributed by atoms with Crippen LogP contribution in [-0.4, -0.2) is 15.4 Å². The van der Waals surface area contributed by atoms with Gasteiger partial charge in [-0.1, -0.05) is 23.7 Å². The Morgan fingerprint density at radius 2 is 1.95 bits per heavy atom. The second-order valence-corrected chi connectivity index (χ2v) is 6.32. The second kappa shape index (κ2) is 5.35. The van der Waals surface area contributed by atoms with Gasteiger partial charge in [0.05, 0.1) is 10.8 Å². The van der Waals surface area contributed by atoms with E-state index in [0.717, 1.165) is 26.8 Å². The maximum atomic E-state index is 12.0. The van der Waals surface area contributed by atoms with Crippen LogP contribution < -0.4 is 0 Å². The third-order valence-electron chi connectivity index (χ3n) is 3.18. The van der Waals surface area contributed by atoms with E-state index in [0.29, 0.717) is 5.02 Å². The molecule has 0 aliphatic rings. The Morgan fingerprint density at radius 1 is 1.10 bits per heavy atom. The van der Waals surface area contributed by atoms with Crippen molar-refractivity contribution in [3.05, 3.63) is 59.9 Å². The predicted molar refractivity (Wildman–Crippen MR) is 84.5 cm³/mol. The van der Waals surface area contributed by atoms with Crippen LogP contribution in [0.25, 0.3) is 21.9 Å². The molecule has 1 heterocycles. The summed E-state index contributed by atoms with van der Waals surface area (Å²) in [4.78, 5) is 4.95. The van der Waals surface area contributed by atoms with Crippen molar-refractivity contribution in [3.8, 4) is 11.1 Å². The summed E-state index contributed by atoms with van der Waals surface area (Å²) in [6.45, 7) is 0. The van der Waals surface area contributed by atoms with Crippen molar-refractivity contribution in [2.75, 3.05) is 6.26 Å². The molecule has 3 aromatic rings. The van der Waals surface area contributed by atoms with Crippen LogP contribution >= 0.6 is 11.6 Å². The van der Waals surface area contributed by atoms with E-state index in [1.807, 2.05) is 48.7 Å². The molecule has 1 atom stereocenters. The Balaban J connectivity index is 2.32. The number of aromatic nitrogens is 1. The summed E-state index contributed by atoms with van der Waals surface area (Å²) in [5, 5.41) is 2.73. The minimum atomic E-state index is -1.07. The zero-order chi connectivity index (χ0) is 14.1. The van der Waals surface area contributed by atoms with Gasteiger partial charge in [-0.2, -0.15) is 0 Å². The Hall–Kier alpha value is -1.71. The molecule has 0 fully saturated rings. The van der Waals surface area contributed by atoms with E-state index in [1.54, 1.807) is 12.5 Å². The Labute approximate surface area is 124 Å². The normalized spacial score (nSPS) is 12.5. The van der Waals surface area contributed by atoms with Crippen LogP contribution in [-0.2, 0) is 10.8 Å². The minimum absolute atomic E-state index is 0.668. The molecule has 0 bridgehead atoms. The Kier molecular flexibility index (Phi) is 3.55. The molecule has 20 heavy (non-hydrogen) atoms. The molecule has 2 nitrogen and oxygen atoms in total. The molecular weight excluding hydrogens is 290 g/mol. The van der Waals surface area contributed by atoms with Gasteiger partial charge < -0.3 is 0 Å². The van der Waals surface area contributed by atoms with Crippen LogP contribution in [0.5, 0.6) is 0 Å². The maximum Gasteiger partial charge on any atom is 0.0504 e. The number of nitrogens with zero attached hydrogens (tertiary/aromatic N) is 1. The van der Waals surface area contributed by atoms with Gasteiger partial charge in [0.1, 0.15) is 0 Å². The summed E-state index contributed by atoms with van der Waals surface area (Å²) in [6.07, 6.45) is 5.24. The highest BCUT2D eigenvalue weighted by atomic mass is 35.5. The second-order valence-electron chi connectivity index (χ2n) is 4.54. The summed E-state index contributed by atoms with van der Waals surface area (Å²) < 4.78 is 12.0. The van der Waals surface area contributed by atoms with E-state index in [4.69, 9.17) is 11.6 Å². The van der Waals surface area contributed by atoms with Crippen molar-refractivity contribution in [1.29, 1.82) is 0 Å².